The van der Waals surface area contributed by atoms with Gasteiger partial charge in [-0.3, -0.25) is 20.8 Å². The third-order valence-electron chi connectivity index (χ3n) is 3.24. The van der Waals surface area contributed by atoms with Crippen molar-refractivity contribution in [3.63, 3.8) is 0 Å². The van der Waals surface area contributed by atoms with Gasteiger partial charge in [0.05, 0.1) is 4.92 Å². The van der Waals surface area contributed by atoms with Gasteiger partial charge in [0, 0.05) is 30.8 Å². The zero-order valence-electron chi connectivity index (χ0n) is 12.4. The quantitative estimate of drug-likeness (QED) is 0.392. The van der Waals surface area contributed by atoms with Gasteiger partial charge in [-0.2, -0.15) is 0 Å². The summed E-state index contributed by atoms with van der Waals surface area (Å²) in [6.07, 6.45) is 0. The maximum Gasteiger partial charge on any atom is 0.294 e. The maximum absolute atomic E-state index is 12.0. The second-order valence-electron chi connectivity index (χ2n) is 4.96. The second-order valence-corrected chi connectivity index (χ2v) is 4.96. The molecule has 1 aromatic rings. The van der Waals surface area contributed by atoms with Gasteiger partial charge in [0.15, 0.2) is 0 Å². The van der Waals surface area contributed by atoms with E-state index in [1.165, 1.54) is 18.2 Å². The number of anilines is 1. The molecule has 0 bridgehead atoms. The summed E-state index contributed by atoms with van der Waals surface area (Å²) < 4.78 is 0. The summed E-state index contributed by atoms with van der Waals surface area (Å²) in [6.45, 7) is 5.29. The molecule has 0 aliphatic carbocycles. The molecular formula is C13H21N5O3. The summed E-state index contributed by atoms with van der Waals surface area (Å²) in [6, 6.07) is 4.49. The highest BCUT2D eigenvalue weighted by Gasteiger charge is 2.16. The zero-order valence-corrected chi connectivity index (χ0v) is 12.4. The van der Waals surface area contributed by atoms with Crippen molar-refractivity contribution in [1.82, 2.24) is 10.2 Å². The first-order valence-corrected chi connectivity index (χ1v) is 6.60. The van der Waals surface area contributed by atoms with Crippen LogP contribution in [0.3, 0.4) is 0 Å². The molecule has 0 radical (unpaired) electrons. The molecule has 8 nitrogen and oxygen atoms in total. The van der Waals surface area contributed by atoms with E-state index in [2.05, 4.69) is 29.5 Å². The van der Waals surface area contributed by atoms with Crippen molar-refractivity contribution in [2.45, 2.75) is 19.9 Å². The Morgan fingerprint density at radius 2 is 2.14 bits per heavy atom. The van der Waals surface area contributed by atoms with Crippen molar-refractivity contribution in [3.05, 3.63) is 33.9 Å². The molecule has 0 fully saturated rings. The number of carbonyl (C=O) groups is 1. The minimum atomic E-state index is -0.585. The fourth-order valence-electron chi connectivity index (χ4n) is 1.65. The number of nitrogens with two attached hydrogens (primary N) is 1. The third-order valence-corrected chi connectivity index (χ3v) is 3.24. The Kier molecular flexibility index (Phi) is 6.07. The Bertz CT molecular complexity index is 519. The average Bonchev–Trinajstić information content (AvgIpc) is 2.45. The molecule has 1 rings (SSSR count). The number of nitro benzene ring substituents is 1. The van der Waals surface area contributed by atoms with Gasteiger partial charge in [-0.15, -0.1) is 0 Å². The van der Waals surface area contributed by atoms with Crippen molar-refractivity contribution in [2.24, 2.45) is 5.84 Å². The number of nitrogens with zero attached hydrogens (tertiary/aromatic N) is 2. The lowest BCUT2D eigenvalue weighted by molar-refractivity contribution is -0.384. The van der Waals surface area contributed by atoms with Crippen molar-refractivity contribution in [3.8, 4) is 0 Å². The van der Waals surface area contributed by atoms with E-state index in [9.17, 15) is 14.9 Å². The number of likely N-dealkylation sites (N-methyl/N-ethyl adjacent to an activating group) is 1. The van der Waals surface area contributed by atoms with Gasteiger partial charge in [0.2, 0.25) is 0 Å². The molecule has 4 N–H and O–H groups in total. The predicted molar refractivity (Wildman–Crippen MR) is 81.0 cm³/mol. The number of benzene rings is 1. The number of nitro groups is 1. The second kappa shape index (κ2) is 7.55. The smallest absolute Gasteiger partial charge is 0.294 e. The summed E-state index contributed by atoms with van der Waals surface area (Å²) in [5, 5.41) is 13.6. The summed E-state index contributed by atoms with van der Waals surface area (Å²) in [5.41, 5.74) is 2.39. The van der Waals surface area contributed by atoms with E-state index < -0.39 is 4.92 Å². The number of hydrazine groups is 1. The predicted octanol–water partition coefficient (Wildman–Crippen LogP) is 0.950. The Morgan fingerprint density at radius 3 is 2.67 bits per heavy atom. The largest absolute Gasteiger partial charge is 0.351 e. The number of amides is 1. The van der Waals surface area contributed by atoms with Crippen molar-refractivity contribution < 1.29 is 9.72 Å². The standard InChI is InChI=1S/C13H21N5O3/c1-9(2)17(3)7-6-15-13(19)10-4-5-11(16-14)12(8-10)18(20)21/h4-5,8-9,16H,6-7,14H2,1-3H3,(H,15,19). The van der Waals surface area contributed by atoms with E-state index in [0.717, 1.165) is 0 Å². The molecular weight excluding hydrogens is 274 g/mol. The van der Waals surface area contributed by atoms with Crippen molar-refractivity contribution in [1.29, 1.82) is 0 Å². The molecule has 1 amide bonds. The van der Waals surface area contributed by atoms with Gasteiger partial charge >= 0.3 is 0 Å². The number of rotatable bonds is 7. The number of hydrogen-bond acceptors (Lipinski definition) is 6. The first-order chi connectivity index (χ1) is 9.86. The van der Waals surface area contributed by atoms with E-state index in [-0.39, 0.29) is 22.8 Å². The molecule has 0 aliphatic rings. The molecule has 21 heavy (non-hydrogen) atoms. The number of nitrogens with one attached hydrogen (secondary N) is 2. The van der Waals surface area contributed by atoms with Crippen LogP contribution in [0.15, 0.2) is 18.2 Å². The van der Waals surface area contributed by atoms with Crippen LogP contribution in [0.2, 0.25) is 0 Å². The minimum Gasteiger partial charge on any atom is -0.351 e. The van der Waals surface area contributed by atoms with E-state index >= 15 is 0 Å². The fourth-order valence-corrected chi connectivity index (χ4v) is 1.65. The lowest BCUT2D eigenvalue weighted by Crippen LogP contribution is -2.36. The monoisotopic (exact) mass is 295 g/mol. The minimum absolute atomic E-state index is 0.163. The van der Waals surface area contributed by atoms with E-state index in [4.69, 9.17) is 5.84 Å². The number of nitrogen functional groups attached to an aromatic ring is 1. The summed E-state index contributed by atoms with van der Waals surface area (Å²) in [7, 11) is 1.96. The molecule has 0 saturated heterocycles. The Labute approximate surface area is 123 Å². The molecule has 0 heterocycles. The van der Waals surface area contributed by atoms with Gasteiger partial charge in [0.1, 0.15) is 5.69 Å². The molecule has 0 saturated carbocycles. The highest BCUT2D eigenvalue weighted by atomic mass is 16.6. The Morgan fingerprint density at radius 1 is 1.48 bits per heavy atom. The highest BCUT2D eigenvalue weighted by Crippen LogP contribution is 2.24. The van der Waals surface area contributed by atoms with E-state index in [0.29, 0.717) is 19.1 Å². The SMILES string of the molecule is CC(C)N(C)CCNC(=O)c1ccc(NN)c([N+](=O)[O-])c1. The molecule has 1 aromatic carbocycles. The first-order valence-electron chi connectivity index (χ1n) is 6.60. The van der Waals surface area contributed by atoms with Gasteiger partial charge < -0.3 is 15.6 Å². The van der Waals surface area contributed by atoms with Gasteiger partial charge in [-0.05, 0) is 33.0 Å². The average molecular weight is 295 g/mol. The topological polar surface area (TPSA) is 114 Å². The van der Waals surface area contributed by atoms with Crippen LogP contribution in [0.1, 0.15) is 24.2 Å². The van der Waals surface area contributed by atoms with E-state index in [1.54, 1.807) is 0 Å². The molecule has 0 aromatic heterocycles. The van der Waals surface area contributed by atoms with Crippen LogP contribution in [0.4, 0.5) is 11.4 Å². The third kappa shape index (κ3) is 4.69. The van der Waals surface area contributed by atoms with Crippen LogP contribution in [-0.4, -0.2) is 41.9 Å². The van der Waals surface area contributed by atoms with Gasteiger partial charge in [0.25, 0.3) is 11.6 Å². The van der Waals surface area contributed by atoms with Crippen LogP contribution in [0, 0.1) is 10.1 Å². The molecule has 0 atom stereocenters. The molecule has 0 spiro atoms. The highest BCUT2D eigenvalue weighted by molar-refractivity contribution is 5.95. The molecule has 0 unspecified atom stereocenters. The summed E-state index contributed by atoms with van der Waals surface area (Å²) in [4.78, 5) is 24.4. The molecule has 116 valence electrons. The van der Waals surface area contributed by atoms with Crippen LogP contribution in [0.25, 0.3) is 0 Å². The summed E-state index contributed by atoms with van der Waals surface area (Å²) >= 11 is 0. The van der Waals surface area contributed by atoms with Crippen LogP contribution in [-0.2, 0) is 0 Å². The lowest BCUT2D eigenvalue weighted by Gasteiger charge is -2.20. The lowest BCUT2D eigenvalue weighted by atomic mass is 10.1. The van der Waals surface area contributed by atoms with Crippen LogP contribution >= 0.6 is 0 Å². The zero-order chi connectivity index (χ0) is 16.0. The molecule has 8 heteroatoms. The van der Waals surface area contributed by atoms with Gasteiger partial charge in [-0.1, -0.05) is 0 Å². The van der Waals surface area contributed by atoms with Crippen LogP contribution in [0.5, 0.6) is 0 Å². The number of hydrogen-bond donors (Lipinski definition) is 3. The van der Waals surface area contributed by atoms with Gasteiger partial charge in [-0.25, -0.2) is 0 Å². The maximum atomic E-state index is 12.0. The fraction of sp³-hybridized carbons (Fsp3) is 0.462. The van der Waals surface area contributed by atoms with Crippen molar-refractivity contribution >= 4 is 17.3 Å². The molecule has 0 aliphatic heterocycles. The Hall–Kier alpha value is -2.19. The van der Waals surface area contributed by atoms with Crippen LogP contribution < -0.4 is 16.6 Å². The normalized spacial score (nSPS) is 10.8. The number of carbonyl (C=O) groups excluding carboxylic acids is 1. The van der Waals surface area contributed by atoms with Crippen molar-refractivity contribution in [2.75, 3.05) is 25.6 Å². The first kappa shape index (κ1) is 16.9. The van der Waals surface area contributed by atoms with E-state index in [1.807, 2.05) is 7.05 Å². The Balaban J connectivity index is 2.70. The summed E-state index contributed by atoms with van der Waals surface area (Å²) in [5.74, 6) is 4.85.